The monoisotopic (exact) mass is 340 g/mol. The highest BCUT2D eigenvalue weighted by atomic mass is 32.2. The van der Waals surface area contributed by atoms with E-state index in [2.05, 4.69) is 4.98 Å². The molecule has 3 rings (SSSR count). The van der Waals surface area contributed by atoms with Crippen molar-refractivity contribution < 1.29 is 9.18 Å². The number of hydrogen-bond donors (Lipinski definition) is 0. The molecule has 0 aliphatic heterocycles. The number of pyridine rings is 1. The fraction of sp³-hybridized carbons (Fsp3) is 0.158. The first-order valence-electron chi connectivity index (χ1n) is 7.59. The smallest absolute Gasteiger partial charge is 0.233 e. The molecule has 3 nitrogen and oxygen atoms in total. The van der Waals surface area contributed by atoms with Crippen LogP contribution in [0.5, 0.6) is 0 Å². The largest absolute Gasteiger partial charge is 0.341 e. The van der Waals surface area contributed by atoms with E-state index in [1.54, 1.807) is 24.1 Å². The Bertz CT molecular complexity index is 851. The maximum Gasteiger partial charge on any atom is 0.233 e. The molecule has 1 heterocycles. The molecule has 1 amide bonds. The number of rotatable bonds is 5. The molecule has 122 valence electrons. The van der Waals surface area contributed by atoms with E-state index in [0.717, 1.165) is 21.5 Å². The van der Waals surface area contributed by atoms with Gasteiger partial charge in [-0.25, -0.2) is 9.37 Å². The zero-order valence-electron chi connectivity index (χ0n) is 13.3. The summed E-state index contributed by atoms with van der Waals surface area (Å²) >= 11 is 1.42. The van der Waals surface area contributed by atoms with E-state index in [1.165, 1.54) is 23.9 Å². The predicted octanol–water partition coefficient (Wildman–Crippen LogP) is 4.12. The van der Waals surface area contributed by atoms with Crippen molar-refractivity contribution >= 4 is 28.6 Å². The number of carbonyl (C=O) groups excluding carboxylic acids is 1. The third-order valence-corrected chi connectivity index (χ3v) is 4.59. The molecule has 0 atom stereocenters. The zero-order chi connectivity index (χ0) is 16.9. The molecule has 0 spiro atoms. The Labute approximate surface area is 144 Å². The number of carbonyl (C=O) groups is 1. The summed E-state index contributed by atoms with van der Waals surface area (Å²) in [5.41, 5.74) is 1.83. The van der Waals surface area contributed by atoms with Crippen LogP contribution in [0.15, 0.2) is 65.7 Å². The lowest BCUT2D eigenvalue weighted by Crippen LogP contribution is -2.27. The lowest BCUT2D eigenvalue weighted by molar-refractivity contribution is -0.127. The van der Waals surface area contributed by atoms with Crippen molar-refractivity contribution in [1.82, 2.24) is 9.88 Å². The van der Waals surface area contributed by atoms with Crippen molar-refractivity contribution in [2.75, 3.05) is 12.8 Å². The Morgan fingerprint density at radius 1 is 1.08 bits per heavy atom. The van der Waals surface area contributed by atoms with Gasteiger partial charge in [-0.1, -0.05) is 48.2 Å². The molecule has 3 aromatic rings. The maximum atomic E-state index is 12.9. The number of halogens is 1. The molecule has 0 unspecified atom stereocenters. The SMILES string of the molecule is CN(Cc1ccc(F)cc1)C(=O)CSc1ccc2ccccc2n1. The summed E-state index contributed by atoms with van der Waals surface area (Å²) in [4.78, 5) is 18.4. The minimum atomic E-state index is -0.273. The molecule has 0 bridgehead atoms. The van der Waals surface area contributed by atoms with E-state index in [9.17, 15) is 9.18 Å². The van der Waals surface area contributed by atoms with E-state index in [1.807, 2.05) is 36.4 Å². The molecule has 0 radical (unpaired) electrons. The standard InChI is InChI=1S/C19H17FN2OS/c1-22(12-14-6-9-16(20)10-7-14)19(23)13-24-18-11-8-15-4-2-3-5-17(15)21-18/h2-11H,12-13H2,1H3. The number of nitrogens with zero attached hydrogens (tertiary/aromatic N) is 2. The summed E-state index contributed by atoms with van der Waals surface area (Å²) in [6.45, 7) is 0.463. The Morgan fingerprint density at radius 3 is 2.62 bits per heavy atom. The van der Waals surface area contributed by atoms with Crippen LogP contribution in [-0.2, 0) is 11.3 Å². The molecule has 0 fully saturated rings. The predicted molar refractivity (Wildman–Crippen MR) is 95.3 cm³/mol. The number of para-hydroxylation sites is 1. The van der Waals surface area contributed by atoms with E-state index < -0.39 is 0 Å². The normalized spacial score (nSPS) is 10.8. The van der Waals surface area contributed by atoms with Crippen LogP contribution >= 0.6 is 11.8 Å². The zero-order valence-corrected chi connectivity index (χ0v) is 14.1. The summed E-state index contributed by atoms with van der Waals surface area (Å²) in [5.74, 6) is 0.0631. The quantitative estimate of drug-likeness (QED) is 0.655. The van der Waals surface area contributed by atoms with E-state index >= 15 is 0 Å². The Balaban J connectivity index is 1.58. The number of aromatic nitrogens is 1. The Morgan fingerprint density at radius 2 is 1.83 bits per heavy atom. The van der Waals surface area contributed by atoms with Gasteiger partial charge >= 0.3 is 0 Å². The fourth-order valence-corrected chi connectivity index (χ4v) is 3.14. The van der Waals surface area contributed by atoms with Crippen LogP contribution < -0.4 is 0 Å². The van der Waals surface area contributed by atoms with Crippen molar-refractivity contribution in [2.45, 2.75) is 11.6 Å². The minimum absolute atomic E-state index is 0.0132. The number of thioether (sulfide) groups is 1. The van der Waals surface area contributed by atoms with Gasteiger partial charge in [-0.05, 0) is 29.8 Å². The summed E-state index contributed by atoms with van der Waals surface area (Å²) in [5, 5.41) is 1.92. The van der Waals surface area contributed by atoms with Gasteiger partial charge in [0.1, 0.15) is 5.82 Å². The van der Waals surface area contributed by atoms with E-state index in [0.29, 0.717) is 12.3 Å². The van der Waals surface area contributed by atoms with Gasteiger partial charge in [0, 0.05) is 19.0 Å². The van der Waals surface area contributed by atoms with Crippen LogP contribution in [0, 0.1) is 5.82 Å². The summed E-state index contributed by atoms with van der Waals surface area (Å²) in [6, 6.07) is 18.0. The first kappa shape index (κ1) is 16.5. The van der Waals surface area contributed by atoms with E-state index in [-0.39, 0.29) is 11.7 Å². The molecule has 0 aliphatic carbocycles. The minimum Gasteiger partial charge on any atom is -0.341 e. The van der Waals surface area contributed by atoms with Crippen LogP contribution in [0.2, 0.25) is 0 Å². The highest BCUT2D eigenvalue weighted by Crippen LogP contribution is 2.20. The van der Waals surface area contributed by atoms with Gasteiger partial charge in [0.25, 0.3) is 0 Å². The van der Waals surface area contributed by atoms with Gasteiger partial charge in [0.05, 0.1) is 16.3 Å². The van der Waals surface area contributed by atoms with Crippen LogP contribution in [0.3, 0.4) is 0 Å². The Kier molecular flexibility index (Phi) is 5.11. The van der Waals surface area contributed by atoms with Crippen molar-refractivity contribution in [3.8, 4) is 0 Å². The number of fused-ring (bicyclic) bond motifs is 1. The molecule has 5 heteroatoms. The second-order valence-corrected chi connectivity index (χ2v) is 6.50. The number of hydrogen-bond acceptors (Lipinski definition) is 3. The van der Waals surface area contributed by atoms with Gasteiger partial charge in [-0.2, -0.15) is 0 Å². The van der Waals surface area contributed by atoms with Gasteiger partial charge in [-0.15, -0.1) is 0 Å². The first-order valence-corrected chi connectivity index (χ1v) is 8.57. The van der Waals surface area contributed by atoms with Crippen LogP contribution in [0.25, 0.3) is 10.9 Å². The molecule has 0 aliphatic rings. The molecule has 0 N–H and O–H groups in total. The van der Waals surface area contributed by atoms with Crippen molar-refractivity contribution in [3.63, 3.8) is 0 Å². The topological polar surface area (TPSA) is 33.2 Å². The summed E-state index contributed by atoms with van der Waals surface area (Å²) < 4.78 is 12.9. The highest BCUT2D eigenvalue weighted by molar-refractivity contribution is 7.99. The second-order valence-electron chi connectivity index (χ2n) is 5.51. The molecule has 24 heavy (non-hydrogen) atoms. The summed E-state index contributed by atoms with van der Waals surface area (Å²) in [6.07, 6.45) is 0. The van der Waals surface area contributed by atoms with Gasteiger partial charge < -0.3 is 4.90 Å². The van der Waals surface area contributed by atoms with Crippen molar-refractivity contribution in [2.24, 2.45) is 0 Å². The molecular weight excluding hydrogens is 323 g/mol. The third-order valence-electron chi connectivity index (χ3n) is 3.68. The maximum absolute atomic E-state index is 12.9. The van der Waals surface area contributed by atoms with Gasteiger partial charge in [0.15, 0.2) is 0 Å². The number of amides is 1. The average molecular weight is 340 g/mol. The second kappa shape index (κ2) is 7.45. The molecule has 1 aromatic heterocycles. The average Bonchev–Trinajstić information content (AvgIpc) is 2.61. The number of benzene rings is 2. The van der Waals surface area contributed by atoms with Crippen LogP contribution in [0.4, 0.5) is 4.39 Å². The summed E-state index contributed by atoms with van der Waals surface area (Å²) in [7, 11) is 1.75. The first-order chi connectivity index (χ1) is 11.6. The van der Waals surface area contributed by atoms with Crippen LogP contribution in [0.1, 0.15) is 5.56 Å². The van der Waals surface area contributed by atoms with Crippen molar-refractivity contribution in [1.29, 1.82) is 0 Å². The lowest BCUT2D eigenvalue weighted by Gasteiger charge is -2.17. The van der Waals surface area contributed by atoms with Crippen molar-refractivity contribution in [3.05, 3.63) is 72.0 Å². The molecule has 0 saturated heterocycles. The Hall–Kier alpha value is -2.40. The molecule has 0 saturated carbocycles. The van der Waals surface area contributed by atoms with Crippen LogP contribution in [-0.4, -0.2) is 28.6 Å². The van der Waals surface area contributed by atoms with Gasteiger partial charge in [0.2, 0.25) is 5.91 Å². The lowest BCUT2D eigenvalue weighted by atomic mass is 10.2. The third kappa shape index (κ3) is 4.11. The highest BCUT2D eigenvalue weighted by Gasteiger charge is 2.11. The van der Waals surface area contributed by atoms with Gasteiger partial charge in [-0.3, -0.25) is 4.79 Å². The van der Waals surface area contributed by atoms with E-state index in [4.69, 9.17) is 0 Å². The molecule has 2 aromatic carbocycles. The fourth-order valence-electron chi connectivity index (χ4n) is 2.33. The molecular formula is C19H17FN2OS.